The van der Waals surface area contributed by atoms with Crippen molar-refractivity contribution in [3.8, 4) is 0 Å². The van der Waals surface area contributed by atoms with E-state index >= 15 is 0 Å². The van der Waals surface area contributed by atoms with Crippen LogP contribution in [0.4, 0.5) is 27.9 Å². The van der Waals surface area contributed by atoms with Gasteiger partial charge in [-0.2, -0.15) is 13.2 Å². The molecule has 0 spiro atoms. The number of carboxylic acid groups (broad SMARTS) is 1. The summed E-state index contributed by atoms with van der Waals surface area (Å²) in [5.74, 6) is 0. The van der Waals surface area contributed by atoms with E-state index in [1.807, 2.05) is 0 Å². The van der Waals surface area contributed by atoms with Crippen molar-refractivity contribution in [2.24, 2.45) is 0 Å². The minimum absolute atomic E-state index is 0.0146. The zero-order valence-corrected chi connectivity index (χ0v) is 19.1. The second kappa shape index (κ2) is 9.81. The average Bonchev–Trinajstić information content (AvgIpc) is 3.03. The van der Waals surface area contributed by atoms with Gasteiger partial charge in [0.2, 0.25) is 0 Å². The first-order valence-corrected chi connectivity index (χ1v) is 10.5. The molecule has 0 saturated heterocycles. The predicted molar refractivity (Wildman–Crippen MR) is 111 cm³/mol. The van der Waals surface area contributed by atoms with Gasteiger partial charge in [-0.25, -0.2) is 14.6 Å². The molecule has 2 heterocycles. The van der Waals surface area contributed by atoms with E-state index in [-0.39, 0.29) is 18.1 Å². The number of rotatable bonds is 6. The van der Waals surface area contributed by atoms with Crippen molar-refractivity contribution in [1.82, 2.24) is 15.3 Å². The van der Waals surface area contributed by atoms with Crippen LogP contribution in [0.2, 0.25) is 0 Å². The van der Waals surface area contributed by atoms with Crippen molar-refractivity contribution in [2.75, 3.05) is 11.4 Å². The van der Waals surface area contributed by atoms with Crippen LogP contribution in [-0.4, -0.2) is 45.4 Å². The molecule has 0 fully saturated rings. The minimum atomic E-state index is -4.58. The second-order valence-corrected chi connectivity index (χ2v) is 9.83. The first-order valence-electron chi connectivity index (χ1n) is 8.88. The van der Waals surface area contributed by atoms with Crippen molar-refractivity contribution >= 4 is 44.6 Å². The lowest BCUT2D eigenvalue weighted by Crippen LogP contribution is -2.48. The summed E-state index contributed by atoms with van der Waals surface area (Å²) < 4.78 is 44.1. The fourth-order valence-electron chi connectivity index (χ4n) is 2.46. The highest BCUT2D eigenvalue weighted by Crippen LogP contribution is 2.28. The van der Waals surface area contributed by atoms with Gasteiger partial charge in [0.1, 0.15) is 11.3 Å². The number of hydrogen-bond acceptors (Lipinski definition) is 6. The molecule has 31 heavy (non-hydrogen) atoms. The maximum absolute atomic E-state index is 12.7. The van der Waals surface area contributed by atoms with Crippen LogP contribution in [0.15, 0.2) is 28.3 Å². The SMILES string of the molecule is CC(C)(C)OC(=O)N[C@H](Cc1ccc(C(F)(F)F)nc1)CN(C(=O)O)c1ncc(Br)s1. The van der Waals surface area contributed by atoms with E-state index in [9.17, 15) is 27.9 Å². The molecule has 13 heteroatoms. The van der Waals surface area contributed by atoms with Gasteiger partial charge in [-0.15, -0.1) is 0 Å². The number of anilines is 1. The van der Waals surface area contributed by atoms with Crippen molar-refractivity contribution in [3.05, 3.63) is 39.6 Å². The van der Waals surface area contributed by atoms with Gasteiger partial charge in [-0.1, -0.05) is 17.4 Å². The molecule has 2 aromatic rings. The Bertz CT molecular complexity index is 916. The summed E-state index contributed by atoms with van der Waals surface area (Å²) in [6, 6.07) is 1.23. The van der Waals surface area contributed by atoms with Gasteiger partial charge in [0.05, 0.1) is 22.6 Å². The molecule has 2 aromatic heterocycles. The topological polar surface area (TPSA) is 105 Å². The summed E-state index contributed by atoms with van der Waals surface area (Å²) in [4.78, 5) is 32.4. The monoisotopic (exact) mass is 524 g/mol. The molecule has 2 rings (SSSR count). The number of carbonyl (C=O) groups excluding carboxylic acids is 1. The first-order chi connectivity index (χ1) is 14.2. The Labute approximate surface area is 188 Å². The van der Waals surface area contributed by atoms with Gasteiger partial charge < -0.3 is 15.2 Å². The van der Waals surface area contributed by atoms with Crippen LogP contribution in [0.3, 0.4) is 0 Å². The van der Waals surface area contributed by atoms with Crippen molar-refractivity contribution < 1.29 is 32.6 Å². The van der Waals surface area contributed by atoms with E-state index in [1.165, 1.54) is 12.3 Å². The smallest absolute Gasteiger partial charge is 0.433 e. The summed E-state index contributed by atoms with van der Waals surface area (Å²) in [5.41, 5.74) is -1.47. The van der Waals surface area contributed by atoms with E-state index in [0.29, 0.717) is 9.35 Å². The average molecular weight is 525 g/mol. The summed E-state index contributed by atoms with van der Waals surface area (Å²) in [6.45, 7) is 4.78. The van der Waals surface area contributed by atoms with E-state index in [0.717, 1.165) is 28.5 Å². The lowest BCUT2D eigenvalue weighted by molar-refractivity contribution is -0.141. The predicted octanol–water partition coefficient (Wildman–Crippen LogP) is 4.94. The van der Waals surface area contributed by atoms with E-state index in [4.69, 9.17) is 4.74 Å². The van der Waals surface area contributed by atoms with E-state index in [1.54, 1.807) is 20.8 Å². The lowest BCUT2D eigenvalue weighted by Gasteiger charge is -2.26. The van der Waals surface area contributed by atoms with Crippen LogP contribution in [-0.2, 0) is 17.3 Å². The maximum atomic E-state index is 12.7. The molecule has 1 atom stereocenters. The van der Waals surface area contributed by atoms with Gasteiger partial charge in [-0.05, 0) is 54.8 Å². The standard InChI is InChI=1S/C18H20BrF3N4O4S/c1-17(2,3)30-15(27)25-11(6-10-4-5-12(23-7-10)18(20,21)22)9-26(16(28)29)14-24-8-13(19)31-14/h4-5,7-8,11H,6,9H2,1-3H3,(H,25,27)(H,28,29)/t11-/m1/s1. The number of ether oxygens (including phenoxy) is 1. The Morgan fingerprint density at radius 1 is 1.26 bits per heavy atom. The zero-order valence-electron chi connectivity index (χ0n) is 16.7. The molecule has 2 amide bonds. The molecule has 0 saturated carbocycles. The molecular formula is C18H20BrF3N4O4S. The Balaban J connectivity index is 2.24. The number of carbonyl (C=O) groups is 2. The van der Waals surface area contributed by atoms with E-state index in [2.05, 4.69) is 31.2 Å². The third-order valence-corrected chi connectivity index (χ3v) is 5.15. The first kappa shape index (κ1) is 24.9. The van der Waals surface area contributed by atoms with Crippen LogP contribution in [0.5, 0.6) is 0 Å². The van der Waals surface area contributed by atoms with Gasteiger partial charge >= 0.3 is 18.4 Å². The Morgan fingerprint density at radius 3 is 2.39 bits per heavy atom. The molecule has 0 aromatic carbocycles. The number of aromatic nitrogens is 2. The highest BCUT2D eigenvalue weighted by atomic mass is 79.9. The van der Waals surface area contributed by atoms with Gasteiger partial charge in [0.25, 0.3) is 0 Å². The summed E-state index contributed by atoms with van der Waals surface area (Å²) >= 11 is 4.29. The molecule has 0 aliphatic rings. The number of pyridine rings is 1. The van der Waals surface area contributed by atoms with Crippen LogP contribution in [0.25, 0.3) is 0 Å². The molecule has 0 aliphatic carbocycles. The number of nitrogens with zero attached hydrogens (tertiary/aromatic N) is 3. The number of amides is 2. The summed E-state index contributed by atoms with van der Waals surface area (Å²) in [6.07, 6.45) is -4.18. The lowest BCUT2D eigenvalue weighted by atomic mass is 10.1. The number of nitrogens with one attached hydrogen (secondary N) is 1. The Kier molecular flexibility index (Phi) is 7.87. The van der Waals surface area contributed by atoms with E-state index < -0.39 is 35.7 Å². The number of thiazole rings is 1. The largest absolute Gasteiger partial charge is 0.465 e. The van der Waals surface area contributed by atoms with Gasteiger partial charge in [-0.3, -0.25) is 9.88 Å². The molecule has 0 radical (unpaired) electrons. The highest BCUT2D eigenvalue weighted by molar-refractivity contribution is 9.11. The molecule has 8 nitrogen and oxygen atoms in total. The molecule has 2 N–H and O–H groups in total. The van der Waals surface area contributed by atoms with Crippen LogP contribution in [0, 0.1) is 0 Å². The van der Waals surface area contributed by atoms with Gasteiger partial charge in [0, 0.05) is 6.20 Å². The van der Waals surface area contributed by atoms with Crippen molar-refractivity contribution in [1.29, 1.82) is 0 Å². The Hall–Kier alpha value is -2.41. The van der Waals surface area contributed by atoms with Crippen LogP contribution < -0.4 is 10.2 Å². The highest BCUT2D eigenvalue weighted by Gasteiger charge is 2.32. The molecular weight excluding hydrogens is 505 g/mol. The van der Waals surface area contributed by atoms with Crippen molar-refractivity contribution in [2.45, 2.75) is 45.0 Å². The fraction of sp³-hybridized carbons (Fsp3) is 0.444. The molecule has 170 valence electrons. The minimum Gasteiger partial charge on any atom is -0.465 e. The normalized spacial score (nSPS) is 12.9. The third-order valence-electron chi connectivity index (χ3n) is 3.65. The Morgan fingerprint density at radius 2 is 1.94 bits per heavy atom. The zero-order chi connectivity index (χ0) is 23.4. The summed E-state index contributed by atoms with van der Waals surface area (Å²) in [5, 5.41) is 12.3. The number of hydrogen-bond donors (Lipinski definition) is 2. The van der Waals surface area contributed by atoms with Crippen molar-refractivity contribution in [3.63, 3.8) is 0 Å². The van der Waals surface area contributed by atoms with Crippen LogP contribution >= 0.6 is 27.3 Å². The number of alkyl halides is 3. The van der Waals surface area contributed by atoms with Gasteiger partial charge in [0.15, 0.2) is 5.13 Å². The quantitative estimate of drug-likeness (QED) is 0.554. The molecule has 0 aliphatic heterocycles. The number of alkyl carbamates (subject to hydrolysis) is 1. The molecule has 0 bridgehead atoms. The molecule has 0 unspecified atom stereocenters. The fourth-order valence-corrected chi connectivity index (χ4v) is 3.65. The summed E-state index contributed by atoms with van der Waals surface area (Å²) in [7, 11) is 0. The second-order valence-electron chi connectivity index (χ2n) is 7.44. The van der Waals surface area contributed by atoms with Crippen LogP contribution in [0.1, 0.15) is 32.0 Å². The number of halogens is 4. The third kappa shape index (κ3) is 7.98. The maximum Gasteiger partial charge on any atom is 0.433 e.